The first-order valence-corrected chi connectivity index (χ1v) is 10.2. The quantitative estimate of drug-likeness (QED) is 0.827. The maximum atomic E-state index is 12.7. The summed E-state index contributed by atoms with van der Waals surface area (Å²) in [5.41, 5.74) is 1.06. The zero-order chi connectivity index (χ0) is 19.5. The van der Waals surface area contributed by atoms with Crippen LogP contribution in [0.15, 0.2) is 18.2 Å². The van der Waals surface area contributed by atoms with E-state index in [9.17, 15) is 9.59 Å². The van der Waals surface area contributed by atoms with Crippen LogP contribution in [-0.4, -0.2) is 67.7 Å². The number of piperazine rings is 1. The fourth-order valence-corrected chi connectivity index (χ4v) is 4.28. The second-order valence-electron chi connectivity index (χ2n) is 8.09. The number of hydrogen-bond donors (Lipinski definition) is 1. The minimum Gasteiger partial charge on any atom is -0.454 e. The highest BCUT2D eigenvalue weighted by Crippen LogP contribution is 2.33. The molecule has 152 valence electrons. The van der Waals surface area contributed by atoms with Crippen molar-refractivity contribution in [1.29, 1.82) is 0 Å². The molecular weight excluding hydrogens is 358 g/mol. The van der Waals surface area contributed by atoms with Crippen LogP contribution < -0.4 is 14.8 Å². The summed E-state index contributed by atoms with van der Waals surface area (Å²) in [5.74, 6) is 1.89. The molecule has 7 nitrogen and oxygen atoms in total. The van der Waals surface area contributed by atoms with E-state index in [1.165, 1.54) is 0 Å². The molecule has 1 aliphatic carbocycles. The number of likely N-dealkylation sites (N-methyl/N-ethyl adjacent to an activating group) is 1. The van der Waals surface area contributed by atoms with E-state index in [1.54, 1.807) is 0 Å². The number of carbonyl (C=O) groups excluding carboxylic acids is 2. The summed E-state index contributed by atoms with van der Waals surface area (Å²) >= 11 is 0. The van der Waals surface area contributed by atoms with Gasteiger partial charge in [-0.25, -0.2) is 0 Å². The molecule has 4 rings (SSSR count). The third-order valence-corrected chi connectivity index (χ3v) is 6.04. The molecular formula is C21H29N3O4. The Kier molecular flexibility index (Phi) is 5.71. The van der Waals surface area contributed by atoms with Crippen molar-refractivity contribution in [3.05, 3.63) is 23.8 Å². The molecule has 2 amide bonds. The van der Waals surface area contributed by atoms with Gasteiger partial charge in [-0.1, -0.05) is 6.07 Å². The molecule has 0 unspecified atom stereocenters. The monoisotopic (exact) mass is 387 g/mol. The van der Waals surface area contributed by atoms with Crippen molar-refractivity contribution < 1.29 is 19.1 Å². The van der Waals surface area contributed by atoms with Gasteiger partial charge in [-0.3, -0.25) is 9.59 Å². The fraction of sp³-hybridized carbons (Fsp3) is 0.619. The number of nitrogens with zero attached hydrogens (tertiary/aromatic N) is 2. The molecule has 2 atom stereocenters. The third-order valence-electron chi connectivity index (χ3n) is 6.04. The zero-order valence-corrected chi connectivity index (χ0v) is 16.5. The molecule has 1 aromatic rings. The van der Waals surface area contributed by atoms with Gasteiger partial charge in [-0.15, -0.1) is 0 Å². The van der Waals surface area contributed by atoms with Gasteiger partial charge >= 0.3 is 0 Å². The first kappa shape index (κ1) is 19.1. The summed E-state index contributed by atoms with van der Waals surface area (Å²) in [4.78, 5) is 29.3. The number of benzene rings is 1. The van der Waals surface area contributed by atoms with E-state index in [-0.39, 0.29) is 30.6 Å². The highest BCUT2D eigenvalue weighted by atomic mass is 16.7. The maximum Gasteiger partial charge on any atom is 0.231 e. The lowest BCUT2D eigenvalue weighted by Gasteiger charge is -2.34. The van der Waals surface area contributed by atoms with Crippen molar-refractivity contribution in [3.8, 4) is 11.5 Å². The molecule has 0 bridgehead atoms. The Morgan fingerprint density at radius 2 is 1.89 bits per heavy atom. The lowest BCUT2D eigenvalue weighted by atomic mass is 10.1. The first-order chi connectivity index (χ1) is 13.6. The highest BCUT2D eigenvalue weighted by molar-refractivity contribution is 5.80. The van der Waals surface area contributed by atoms with Crippen LogP contribution in [0.1, 0.15) is 31.2 Å². The average Bonchev–Trinajstić information content (AvgIpc) is 3.35. The van der Waals surface area contributed by atoms with E-state index in [4.69, 9.17) is 9.47 Å². The zero-order valence-electron chi connectivity index (χ0n) is 16.5. The normalized spacial score (nSPS) is 24.4. The summed E-state index contributed by atoms with van der Waals surface area (Å²) in [6, 6.07) is 5.92. The van der Waals surface area contributed by atoms with Gasteiger partial charge in [-0.2, -0.15) is 0 Å². The van der Waals surface area contributed by atoms with Crippen LogP contribution in [-0.2, 0) is 16.0 Å². The van der Waals surface area contributed by atoms with Crippen LogP contribution >= 0.6 is 0 Å². The van der Waals surface area contributed by atoms with Gasteiger partial charge in [-0.05, 0) is 50.4 Å². The summed E-state index contributed by atoms with van der Waals surface area (Å²) in [5, 5.41) is 3.12. The molecule has 1 N–H and O–H groups in total. The number of amides is 2. The standard InChI is InChI=1S/C21H29N3O4/c1-23-8-10-24(11-9-23)21(26)16-4-5-17(13-16)22-20(25)7-3-15-2-6-18-19(12-15)28-14-27-18/h2,6,12,16-17H,3-5,7-11,13-14H2,1H3,(H,22,25)/t16-,17+/m0/s1. The van der Waals surface area contributed by atoms with Crippen LogP contribution in [0.4, 0.5) is 0 Å². The largest absolute Gasteiger partial charge is 0.454 e. The Balaban J connectivity index is 1.20. The van der Waals surface area contributed by atoms with Crippen molar-refractivity contribution in [3.63, 3.8) is 0 Å². The Bertz CT molecular complexity index is 730. The van der Waals surface area contributed by atoms with E-state index in [0.29, 0.717) is 12.8 Å². The summed E-state index contributed by atoms with van der Waals surface area (Å²) in [6.45, 7) is 3.78. The summed E-state index contributed by atoms with van der Waals surface area (Å²) in [7, 11) is 2.09. The molecule has 2 fully saturated rings. The van der Waals surface area contributed by atoms with E-state index in [0.717, 1.165) is 62.5 Å². The predicted octanol–water partition coefficient (Wildman–Crippen LogP) is 1.41. The van der Waals surface area contributed by atoms with Gasteiger partial charge < -0.3 is 24.6 Å². The van der Waals surface area contributed by atoms with Crippen LogP contribution in [0.2, 0.25) is 0 Å². The number of fused-ring (bicyclic) bond motifs is 1. The highest BCUT2D eigenvalue weighted by Gasteiger charge is 2.34. The summed E-state index contributed by atoms with van der Waals surface area (Å²) < 4.78 is 10.7. The molecule has 0 spiro atoms. The van der Waals surface area contributed by atoms with Crippen molar-refractivity contribution in [1.82, 2.24) is 15.1 Å². The van der Waals surface area contributed by atoms with Gasteiger partial charge in [0, 0.05) is 44.6 Å². The van der Waals surface area contributed by atoms with Crippen LogP contribution in [0.3, 0.4) is 0 Å². The summed E-state index contributed by atoms with van der Waals surface area (Å²) in [6.07, 6.45) is 3.63. The van der Waals surface area contributed by atoms with Gasteiger partial charge in [0.1, 0.15) is 0 Å². The average molecular weight is 387 g/mol. The number of ether oxygens (including phenoxy) is 2. The molecule has 3 aliphatic rings. The van der Waals surface area contributed by atoms with Gasteiger partial charge in [0.05, 0.1) is 0 Å². The lowest BCUT2D eigenvalue weighted by Crippen LogP contribution is -2.49. The third kappa shape index (κ3) is 4.41. The second-order valence-corrected chi connectivity index (χ2v) is 8.09. The molecule has 2 aliphatic heterocycles. The predicted molar refractivity (Wildman–Crippen MR) is 104 cm³/mol. The Morgan fingerprint density at radius 3 is 2.71 bits per heavy atom. The van der Waals surface area contributed by atoms with E-state index >= 15 is 0 Å². The van der Waals surface area contributed by atoms with Crippen molar-refractivity contribution in [2.75, 3.05) is 40.0 Å². The number of nitrogens with one attached hydrogen (secondary N) is 1. The van der Waals surface area contributed by atoms with Crippen LogP contribution in [0.5, 0.6) is 11.5 Å². The second kappa shape index (κ2) is 8.39. The SMILES string of the molecule is CN1CCN(C(=O)[C@H]2CC[C@@H](NC(=O)CCc3ccc4c(c3)OCO4)C2)CC1. The first-order valence-electron chi connectivity index (χ1n) is 10.2. The number of hydrogen-bond acceptors (Lipinski definition) is 5. The minimum absolute atomic E-state index is 0.0513. The fourth-order valence-electron chi connectivity index (χ4n) is 4.28. The molecule has 1 saturated heterocycles. The molecule has 7 heteroatoms. The van der Waals surface area contributed by atoms with E-state index < -0.39 is 0 Å². The van der Waals surface area contributed by atoms with Crippen molar-refractivity contribution in [2.24, 2.45) is 5.92 Å². The van der Waals surface area contributed by atoms with Crippen molar-refractivity contribution >= 4 is 11.8 Å². The van der Waals surface area contributed by atoms with Crippen molar-refractivity contribution in [2.45, 2.75) is 38.1 Å². The van der Waals surface area contributed by atoms with Crippen LogP contribution in [0, 0.1) is 5.92 Å². The Morgan fingerprint density at radius 1 is 1.11 bits per heavy atom. The number of rotatable bonds is 5. The molecule has 2 heterocycles. The maximum absolute atomic E-state index is 12.7. The van der Waals surface area contributed by atoms with E-state index in [1.807, 2.05) is 23.1 Å². The topological polar surface area (TPSA) is 71.1 Å². The lowest BCUT2D eigenvalue weighted by molar-refractivity contribution is -0.137. The van der Waals surface area contributed by atoms with Gasteiger partial charge in [0.25, 0.3) is 0 Å². The minimum atomic E-state index is 0.0513. The van der Waals surface area contributed by atoms with Crippen LogP contribution in [0.25, 0.3) is 0 Å². The smallest absolute Gasteiger partial charge is 0.231 e. The number of carbonyl (C=O) groups is 2. The van der Waals surface area contributed by atoms with E-state index in [2.05, 4.69) is 17.3 Å². The Hall–Kier alpha value is -2.28. The van der Waals surface area contributed by atoms with Gasteiger partial charge in [0.2, 0.25) is 18.6 Å². The molecule has 0 aromatic heterocycles. The molecule has 1 saturated carbocycles. The molecule has 28 heavy (non-hydrogen) atoms. The molecule has 1 aromatic carbocycles. The Labute approximate surface area is 166 Å². The molecule has 0 radical (unpaired) electrons. The number of aryl methyl sites for hydroxylation is 1. The van der Waals surface area contributed by atoms with Gasteiger partial charge in [0.15, 0.2) is 11.5 Å².